The molecule has 0 saturated carbocycles. The van der Waals surface area contributed by atoms with Crippen molar-refractivity contribution in [3.05, 3.63) is 23.8 Å². The first-order valence-corrected chi connectivity index (χ1v) is 4.27. The van der Waals surface area contributed by atoms with Crippen molar-refractivity contribution in [3.8, 4) is 5.75 Å². The van der Waals surface area contributed by atoms with Gasteiger partial charge < -0.3 is 20.7 Å². The normalized spacial score (nSPS) is 13.2. The maximum Gasteiger partial charge on any atom is 0.573 e. The van der Waals surface area contributed by atoms with Crippen LogP contribution in [0.15, 0.2) is 18.2 Å². The van der Waals surface area contributed by atoms with Crippen LogP contribution in [0.5, 0.6) is 5.75 Å². The lowest BCUT2D eigenvalue weighted by molar-refractivity contribution is -0.274. The van der Waals surface area contributed by atoms with Gasteiger partial charge in [-0.1, -0.05) is 6.07 Å². The molecule has 5 nitrogen and oxygen atoms in total. The number of nitrogen functional groups attached to an aromatic ring is 1. The number of carboxylic acids is 1. The third kappa shape index (κ3) is 3.52. The lowest BCUT2D eigenvalue weighted by atomic mass is 10.1. The van der Waals surface area contributed by atoms with Gasteiger partial charge >= 0.3 is 12.3 Å². The zero-order valence-electron chi connectivity index (χ0n) is 8.23. The van der Waals surface area contributed by atoms with Crippen LogP contribution in [-0.2, 0) is 4.79 Å². The smallest absolute Gasteiger partial charge is 0.479 e. The number of halogens is 3. The lowest BCUT2D eigenvalue weighted by Gasteiger charge is -2.12. The molecule has 4 N–H and O–H groups in total. The Morgan fingerprint density at radius 1 is 1.41 bits per heavy atom. The molecule has 0 saturated heterocycles. The highest BCUT2D eigenvalue weighted by Crippen LogP contribution is 2.28. The van der Waals surface area contributed by atoms with E-state index in [1.165, 1.54) is 0 Å². The summed E-state index contributed by atoms with van der Waals surface area (Å²) in [6.07, 6.45) is -6.76. The molecule has 17 heavy (non-hydrogen) atoms. The predicted molar refractivity (Wildman–Crippen MR) is 50.1 cm³/mol. The van der Waals surface area contributed by atoms with Gasteiger partial charge in [-0.15, -0.1) is 13.2 Å². The molecule has 0 radical (unpaired) electrons. The fourth-order valence-corrected chi connectivity index (χ4v) is 1.13. The zero-order chi connectivity index (χ0) is 13.2. The van der Waals surface area contributed by atoms with E-state index in [1.807, 2.05) is 0 Å². The van der Waals surface area contributed by atoms with E-state index < -0.39 is 24.2 Å². The van der Waals surface area contributed by atoms with Gasteiger partial charge in [0.2, 0.25) is 0 Å². The maximum atomic E-state index is 11.9. The number of alkyl halides is 3. The van der Waals surface area contributed by atoms with Crippen LogP contribution in [0.4, 0.5) is 18.9 Å². The number of rotatable bonds is 3. The number of ether oxygens (including phenoxy) is 1. The number of hydrogen-bond donors (Lipinski definition) is 3. The molecule has 0 heterocycles. The lowest BCUT2D eigenvalue weighted by Crippen LogP contribution is -2.18. The molecule has 0 fully saturated rings. The Bertz CT molecular complexity index is 433. The highest BCUT2D eigenvalue weighted by Gasteiger charge is 2.31. The van der Waals surface area contributed by atoms with Crippen molar-refractivity contribution in [2.45, 2.75) is 12.5 Å². The van der Waals surface area contributed by atoms with E-state index in [0.29, 0.717) is 0 Å². The minimum atomic E-state index is -4.86. The van der Waals surface area contributed by atoms with Gasteiger partial charge in [0, 0.05) is 17.3 Å². The van der Waals surface area contributed by atoms with E-state index in [0.717, 1.165) is 18.2 Å². The molecular weight excluding hydrogens is 243 g/mol. The Kier molecular flexibility index (Phi) is 3.47. The van der Waals surface area contributed by atoms with Crippen molar-refractivity contribution in [1.82, 2.24) is 0 Å². The van der Waals surface area contributed by atoms with Gasteiger partial charge in [-0.2, -0.15) is 0 Å². The Labute approximate surface area is 93.2 Å². The van der Waals surface area contributed by atoms with Crippen molar-refractivity contribution in [1.29, 1.82) is 0 Å². The second-order valence-electron chi connectivity index (χ2n) is 3.08. The Morgan fingerprint density at radius 2 is 2.00 bits per heavy atom. The van der Waals surface area contributed by atoms with Crippen LogP contribution in [0, 0.1) is 0 Å². The largest absolute Gasteiger partial charge is 0.573 e. The van der Waals surface area contributed by atoms with E-state index in [9.17, 15) is 18.0 Å². The van der Waals surface area contributed by atoms with Crippen molar-refractivity contribution < 1.29 is 32.9 Å². The van der Waals surface area contributed by atoms with Crippen LogP contribution in [0.3, 0.4) is 0 Å². The summed E-state index contributed by atoms with van der Waals surface area (Å²) in [5.74, 6) is -2.14. The summed E-state index contributed by atoms with van der Waals surface area (Å²) in [4.78, 5) is 10.4. The molecule has 94 valence electrons. The zero-order valence-corrected chi connectivity index (χ0v) is 8.23. The summed E-state index contributed by atoms with van der Waals surface area (Å²) in [5.41, 5.74) is 4.80. The second kappa shape index (κ2) is 4.50. The highest BCUT2D eigenvalue weighted by molar-refractivity contribution is 5.76. The summed E-state index contributed by atoms with van der Waals surface area (Å²) in [7, 11) is 0. The minimum absolute atomic E-state index is 0.202. The van der Waals surface area contributed by atoms with Gasteiger partial charge in [-0.3, -0.25) is 0 Å². The Morgan fingerprint density at radius 3 is 2.41 bits per heavy atom. The molecule has 0 bridgehead atoms. The van der Waals surface area contributed by atoms with Gasteiger partial charge in [-0.25, -0.2) is 4.79 Å². The molecule has 1 unspecified atom stereocenters. The van der Waals surface area contributed by atoms with Crippen LogP contribution in [0.2, 0.25) is 0 Å². The first-order valence-electron chi connectivity index (χ1n) is 4.27. The van der Waals surface area contributed by atoms with E-state index in [4.69, 9.17) is 15.9 Å². The summed E-state index contributed by atoms with van der Waals surface area (Å²) >= 11 is 0. The second-order valence-corrected chi connectivity index (χ2v) is 3.08. The molecule has 1 aromatic carbocycles. The molecule has 0 aliphatic heterocycles. The maximum absolute atomic E-state index is 11.9. The average molecular weight is 251 g/mol. The third-order valence-electron chi connectivity index (χ3n) is 1.82. The van der Waals surface area contributed by atoms with Crippen LogP contribution >= 0.6 is 0 Å². The van der Waals surface area contributed by atoms with Crippen LogP contribution < -0.4 is 10.5 Å². The molecule has 0 amide bonds. The van der Waals surface area contributed by atoms with Crippen molar-refractivity contribution >= 4 is 11.7 Å². The van der Waals surface area contributed by atoms with Gasteiger partial charge in [0.1, 0.15) is 5.75 Å². The van der Waals surface area contributed by atoms with E-state index in [2.05, 4.69) is 4.74 Å². The molecule has 0 aliphatic carbocycles. The standard InChI is InChI=1S/C9H8F3NO4/c10-9(11,12)17-4-1-2-5(6(13)3-4)7(14)8(15)16/h1-3,7,14H,13H2,(H,15,16). The van der Waals surface area contributed by atoms with Crippen LogP contribution in [0.1, 0.15) is 11.7 Å². The van der Waals surface area contributed by atoms with Crippen LogP contribution in [-0.4, -0.2) is 22.5 Å². The molecular formula is C9H8F3NO4. The average Bonchev–Trinajstić information content (AvgIpc) is 2.14. The fraction of sp³-hybridized carbons (Fsp3) is 0.222. The molecule has 0 aromatic heterocycles. The number of aliphatic hydroxyl groups excluding tert-OH is 1. The first kappa shape index (κ1) is 13.1. The quantitative estimate of drug-likeness (QED) is 0.704. The molecule has 1 rings (SSSR count). The monoisotopic (exact) mass is 251 g/mol. The van der Waals surface area contributed by atoms with Crippen LogP contribution in [0.25, 0.3) is 0 Å². The summed E-state index contributed by atoms with van der Waals surface area (Å²) in [6.45, 7) is 0. The number of carboxylic acid groups (broad SMARTS) is 1. The molecule has 0 spiro atoms. The topological polar surface area (TPSA) is 92.8 Å². The third-order valence-corrected chi connectivity index (χ3v) is 1.82. The summed E-state index contributed by atoms with van der Waals surface area (Å²) in [6, 6.07) is 2.61. The van der Waals surface area contributed by atoms with Gasteiger partial charge in [0.25, 0.3) is 0 Å². The summed E-state index contributed by atoms with van der Waals surface area (Å²) in [5, 5.41) is 17.7. The van der Waals surface area contributed by atoms with Crippen molar-refractivity contribution in [2.75, 3.05) is 5.73 Å². The summed E-state index contributed by atoms with van der Waals surface area (Å²) < 4.78 is 39.1. The minimum Gasteiger partial charge on any atom is -0.479 e. The van der Waals surface area contributed by atoms with Gasteiger partial charge in [-0.05, 0) is 6.07 Å². The number of carbonyl (C=O) groups is 1. The van der Waals surface area contributed by atoms with E-state index in [-0.39, 0.29) is 11.3 Å². The molecule has 0 aliphatic rings. The van der Waals surface area contributed by atoms with Gasteiger partial charge in [0.15, 0.2) is 6.10 Å². The Balaban J connectivity index is 2.98. The number of hydrogen-bond acceptors (Lipinski definition) is 4. The highest BCUT2D eigenvalue weighted by atomic mass is 19.4. The number of anilines is 1. The number of nitrogens with two attached hydrogens (primary N) is 1. The molecule has 8 heteroatoms. The molecule has 1 aromatic rings. The fourth-order valence-electron chi connectivity index (χ4n) is 1.13. The number of aliphatic hydroxyl groups is 1. The molecule has 1 atom stereocenters. The van der Waals surface area contributed by atoms with E-state index in [1.54, 1.807) is 0 Å². The number of benzene rings is 1. The van der Waals surface area contributed by atoms with Crippen molar-refractivity contribution in [2.24, 2.45) is 0 Å². The number of aliphatic carboxylic acids is 1. The predicted octanol–water partition coefficient (Wildman–Crippen LogP) is 1.29. The van der Waals surface area contributed by atoms with E-state index >= 15 is 0 Å². The van der Waals surface area contributed by atoms with Crippen molar-refractivity contribution in [3.63, 3.8) is 0 Å². The SMILES string of the molecule is Nc1cc(OC(F)(F)F)ccc1C(O)C(=O)O. The first-order chi connectivity index (χ1) is 7.70. The Hall–Kier alpha value is -1.96. The van der Waals surface area contributed by atoms with Gasteiger partial charge in [0.05, 0.1) is 0 Å².